The Morgan fingerprint density at radius 3 is 2.68 bits per heavy atom. The Bertz CT molecular complexity index is 1110. The van der Waals surface area contributed by atoms with Crippen LogP contribution in [-0.4, -0.2) is 11.9 Å². The van der Waals surface area contributed by atoms with Gasteiger partial charge in [0.05, 0.1) is 5.69 Å². The number of rotatable bonds is 5. The molecule has 1 N–H and O–H groups in total. The van der Waals surface area contributed by atoms with E-state index >= 15 is 0 Å². The second-order valence-corrected chi connectivity index (χ2v) is 5.89. The first-order chi connectivity index (χ1) is 13.5. The van der Waals surface area contributed by atoms with E-state index in [0.717, 1.165) is 12.1 Å². The standard InChI is InChI=1S/C20H16F2N2O4/c1-2-5-18(25)28-24-20-14(10-12-6-3-4-7-17(12)27-20)19(26)23-16-9-8-13(21)11-15(16)22/h3-4,6-11H,2,5H2,1H3,(H,23,26)/b24-20-. The Morgan fingerprint density at radius 2 is 1.93 bits per heavy atom. The van der Waals surface area contributed by atoms with Gasteiger partial charge in [-0.15, -0.1) is 0 Å². The maximum atomic E-state index is 13.8. The number of para-hydroxylation sites is 1. The van der Waals surface area contributed by atoms with Gasteiger partial charge in [-0.25, -0.2) is 13.6 Å². The minimum Gasteiger partial charge on any atom is -0.435 e. The number of hydrogen-bond acceptors (Lipinski definition) is 5. The number of amides is 1. The largest absolute Gasteiger partial charge is 0.435 e. The third kappa shape index (κ3) is 4.40. The van der Waals surface area contributed by atoms with Gasteiger partial charge < -0.3 is 14.6 Å². The molecule has 0 radical (unpaired) electrons. The first kappa shape index (κ1) is 19.2. The summed E-state index contributed by atoms with van der Waals surface area (Å²) < 4.78 is 32.5. The molecule has 0 bridgehead atoms. The highest BCUT2D eigenvalue weighted by molar-refractivity contribution is 6.05. The number of hydrogen-bond donors (Lipinski definition) is 1. The zero-order valence-corrected chi connectivity index (χ0v) is 14.9. The summed E-state index contributed by atoms with van der Waals surface area (Å²) in [6.07, 6.45) is 0.722. The number of nitrogens with zero attached hydrogens (tertiary/aromatic N) is 1. The molecule has 0 saturated heterocycles. The van der Waals surface area contributed by atoms with Crippen LogP contribution in [0.1, 0.15) is 30.1 Å². The van der Waals surface area contributed by atoms with Crippen LogP contribution >= 0.6 is 0 Å². The predicted molar refractivity (Wildman–Crippen MR) is 97.1 cm³/mol. The second-order valence-electron chi connectivity index (χ2n) is 5.89. The maximum absolute atomic E-state index is 13.8. The summed E-state index contributed by atoms with van der Waals surface area (Å²) in [6.45, 7) is 1.80. The van der Waals surface area contributed by atoms with Crippen molar-refractivity contribution in [3.63, 3.8) is 0 Å². The minimum atomic E-state index is -0.932. The van der Waals surface area contributed by atoms with E-state index in [1.54, 1.807) is 31.2 Å². The monoisotopic (exact) mass is 386 g/mol. The molecule has 1 amide bonds. The van der Waals surface area contributed by atoms with Crippen LogP contribution in [0.5, 0.6) is 0 Å². The average molecular weight is 386 g/mol. The van der Waals surface area contributed by atoms with Crippen molar-refractivity contribution in [2.24, 2.45) is 5.16 Å². The van der Waals surface area contributed by atoms with E-state index in [-0.39, 0.29) is 23.2 Å². The number of carbonyl (C=O) groups excluding carboxylic acids is 2. The van der Waals surface area contributed by atoms with Crippen LogP contribution in [0.15, 0.2) is 58.1 Å². The maximum Gasteiger partial charge on any atom is 0.335 e. The highest BCUT2D eigenvalue weighted by Gasteiger charge is 2.16. The van der Waals surface area contributed by atoms with Crippen molar-refractivity contribution < 1.29 is 27.6 Å². The van der Waals surface area contributed by atoms with E-state index in [4.69, 9.17) is 9.25 Å². The van der Waals surface area contributed by atoms with Crippen molar-refractivity contribution in [3.05, 3.63) is 71.3 Å². The van der Waals surface area contributed by atoms with E-state index in [1.807, 2.05) is 0 Å². The van der Waals surface area contributed by atoms with Crippen LogP contribution < -0.4 is 10.9 Å². The van der Waals surface area contributed by atoms with E-state index < -0.39 is 23.5 Å². The van der Waals surface area contributed by atoms with Gasteiger partial charge in [0.1, 0.15) is 22.8 Å². The van der Waals surface area contributed by atoms with E-state index in [0.29, 0.717) is 23.5 Å². The summed E-state index contributed by atoms with van der Waals surface area (Å²) in [5.41, 5.74) is -0.124. The zero-order chi connectivity index (χ0) is 20.1. The van der Waals surface area contributed by atoms with Gasteiger partial charge in [0.15, 0.2) is 0 Å². The van der Waals surface area contributed by atoms with Gasteiger partial charge in [-0.05, 0) is 35.8 Å². The van der Waals surface area contributed by atoms with E-state index in [9.17, 15) is 18.4 Å². The van der Waals surface area contributed by atoms with Gasteiger partial charge in [0, 0.05) is 17.9 Å². The van der Waals surface area contributed by atoms with Gasteiger partial charge in [0.2, 0.25) is 0 Å². The van der Waals surface area contributed by atoms with Gasteiger partial charge in [-0.3, -0.25) is 4.79 Å². The predicted octanol–water partition coefficient (Wildman–Crippen LogP) is 4.12. The number of halogens is 2. The molecule has 8 heteroatoms. The summed E-state index contributed by atoms with van der Waals surface area (Å²) in [5.74, 6) is -3.04. The molecular formula is C20H16F2N2O4. The van der Waals surface area contributed by atoms with Crippen molar-refractivity contribution in [3.8, 4) is 0 Å². The number of fused-ring (bicyclic) bond motifs is 1. The molecule has 3 rings (SSSR count). The summed E-state index contributed by atoms with van der Waals surface area (Å²) in [4.78, 5) is 29.0. The molecule has 1 aromatic heterocycles. The molecule has 0 atom stereocenters. The van der Waals surface area contributed by atoms with Crippen LogP contribution in [0.3, 0.4) is 0 Å². The third-order valence-corrected chi connectivity index (χ3v) is 3.76. The topological polar surface area (TPSA) is 80.9 Å². The van der Waals surface area contributed by atoms with Gasteiger partial charge >= 0.3 is 5.97 Å². The summed E-state index contributed by atoms with van der Waals surface area (Å²) in [5, 5.41) is 6.56. The van der Waals surface area contributed by atoms with Gasteiger partial charge in [-0.1, -0.05) is 25.1 Å². The molecule has 0 unspecified atom stereocenters. The molecule has 0 spiro atoms. The fourth-order valence-electron chi connectivity index (χ4n) is 2.42. The SMILES string of the molecule is CCCC(=O)O/N=c1\oc2ccccc2cc1C(=O)Nc1ccc(F)cc1F. The van der Waals surface area contributed by atoms with Crippen molar-refractivity contribution in [1.82, 2.24) is 0 Å². The molecule has 3 aromatic rings. The minimum absolute atomic E-state index is 0.0771. The fourth-order valence-corrected chi connectivity index (χ4v) is 2.42. The molecule has 2 aromatic carbocycles. The van der Waals surface area contributed by atoms with Crippen molar-refractivity contribution in [1.29, 1.82) is 0 Å². The lowest BCUT2D eigenvalue weighted by Crippen LogP contribution is -2.23. The zero-order valence-electron chi connectivity index (χ0n) is 14.9. The van der Waals surface area contributed by atoms with Crippen LogP contribution in [0.4, 0.5) is 14.5 Å². The number of nitrogens with one attached hydrogen (secondary N) is 1. The molecule has 0 saturated carbocycles. The molecule has 6 nitrogen and oxygen atoms in total. The molecule has 1 heterocycles. The second kappa shape index (κ2) is 8.43. The normalized spacial score (nSPS) is 11.5. The summed E-state index contributed by atoms with van der Waals surface area (Å²) in [7, 11) is 0. The van der Waals surface area contributed by atoms with Crippen LogP contribution in [-0.2, 0) is 9.63 Å². The molecule has 0 aliphatic carbocycles. The molecule has 28 heavy (non-hydrogen) atoms. The van der Waals surface area contributed by atoms with E-state index in [2.05, 4.69) is 10.5 Å². The number of carbonyl (C=O) groups is 2. The highest BCUT2D eigenvalue weighted by Crippen LogP contribution is 2.17. The number of anilines is 1. The Labute approximate surface area is 158 Å². The number of benzene rings is 2. The lowest BCUT2D eigenvalue weighted by Gasteiger charge is -2.07. The Kier molecular flexibility index (Phi) is 5.78. The Morgan fingerprint density at radius 1 is 1.14 bits per heavy atom. The molecule has 0 aliphatic heterocycles. The lowest BCUT2D eigenvalue weighted by atomic mass is 10.1. The van der Waals surface area contributed by atoms with Crippen LogP contribution in [0, 0.1) is 11.6 Å². The highest BCUT2D eigenvalue weighted by atomic mass is 19.1. The van der Waals surface area contributed by atoms with Crippen molar-refractivity contribution in [2.75, 3.05) is 5.32 Å². The summed E-state index contributed by atoms with van der Waals surface area (Å²) >= 11 is 0. The summed E-state index contributed by atoms with van der Waals surface area (Å²) in [6, 6.07) is 11.1. The average Bonchev–Trinajstić information content (AvgIpc) is 2.68. The van der Waals surface area contributed by atoms with Gasteiger partial charge in [0.25, 0.3) is 11.5 Å². The quantitative estimate of drug-likeness (QED) is 0.528. The fraction of sp³-hybridized carbons (Fsp3) is 0.150. The van der Waals surface area contributed by atoms with Crippen LogP contribution in [0.25, 0.3) is 11.0 Å². The first-order valence-corrected chi connectivity index (χ1v) is 8.51. The molecule has 0 fully saturated rings. The van der Waals surface area contributed by atoms with Crippen molar-refractivity contribution >= 4 is 28.5 Å². The van der Waals surface area contributed by atoms with E-state index in [1.165, 1.54) is 6.07 Å². The van der Waals surface area contributed by atoms with Crippen molar-refractivity contribution in [2.45, 2.75) is 19.8 Å². The lowest BCUT2D eigenvalue weighted by molar-refractivity contribution is -0.144. The Balaban J connectivity index is 2.01. The Hall–Kier alpha value is -3.55. The molecule has 0 aliphatic rings. The smallest absolute Gasteiger partial charge is 0.335 e. The van der Waals surface area contributed by atoms with Crippen LogP contribution in [0.2, 0.25) is 0 Å². The molecular weight excluding hydrogens is 370 g/mol. The third-order valence-electron chi connectivity index (χ3n) is 3.76. The van der Waals surface area contributed by atoms with Gasteiger partial charge in [-0.2, -0.15) is 0 Å². The first-order valence-electron chi connectivity index (χ1n) is 8.51. The molecule has 144 valence electrons.